The summed E-state index contributed by atoms with van der Waals surface area (Å²) in [6.45, 7) is 0. The van der Waals surface area contributed by atoms with Crippen molar-refractivity contribution in [3.05, 3.63) is 82.9 Å². The molecule has 0 spiro atoms. The molecule has 3 aromatic rings. The van der Waals surface area contributed by atoms with Gasteiger partial charge >= 0.3 is 6.03 Å². The van der Waals surface area contributed by atoms with Gasteiger partial charge in [-0.3, -0.25) is 10.1 Å². The number of para-hydroxylation sites is 1. The number of ether oxygens (including phenoxy) is 1. The van der Waals surface area contributed by atoms with Crippen LogP contribution in [0.5, 0.6) is 5.75 Å². The van der Waals surface area contributed by atoms with E-state index in [4.69, 9.17) is 4.74 Å². The van der Waals surface area contributed by atoms with Gasteiger partial charge in [0, 0.05) is 11.6 Å². The van der Waals surface area contributed by atoms with E-state index in [2.05, 4.69) is 10.6 Å². The number of anilines is 2. The fourth-order valence-electron chi connectivity index (χ4n) is 2.63. The highest BCUT2D eigenvalue weighted by Crippen LogP contribution is 2.30. The second-order valence-electron chi connectivity index (χ2n) is 5.63. The van der Waals surface area contributed by atoms with Gasteiger partial charge in [-0.15, -0.1) is 0 Å². The molecule has 0 fully saturated rings. The third-order valence-electron chi connectivity index (χ3n) is 3.90. The maximum Gasteiger partial charge on any atom is 0.323 e. The molecule has 0 heterocycles. The zero-order valence-electron chi connectivity index (χ0n) is 14.5. The number of amides is 2. The first kappa shape index (κ1) is 17.9. The molecule has 3 rings (SSSR count). The number of methoxy groups -OCH3 is 1. The van der Waals surface area contributed by atoms with Gasteiger partial charge < -0.3 is 15.4 Å². The van der Waals surface area contributed by atoms with E-state index in [1.807, 2.05) is 48.5 Å². The molecule has 27 heavy (non-hydrogen) atoms. The molecule has 0 aliphatic heterocycles. The molecule has 0 atom stereocenters. The molecule has 3 aromatic carbocycles. The lowest BCUT2D eigenvalue weighted by molar-refractivity contribution is -0.384. The van der Waals surface area contributed by atoms with Crippen LogP contribution in [0.25, 0.3) is 11.1 Å². The number of nitrogens with one attached hydrogen (secondary N) is 2. The number of hydrogen-bond acceptors (Lipinski definition) is 4. The topological polar surface area (TPSA) is 93.5 Å². The Bertz CT molecular complexity index is 974. The van der Waals surface area contributed by atoms with E-state index < -0.39 is 11.0 Å². The first-order valence-corrected chi connectivity index (χ1v) is 8.13. The van der Waals surface area contributed by atoms with Crippen molar-refractivity contribution in [2.45, 2.75) is 0 Å². The van der Waals surface area contributed by atoms with Gasteiger partial charge in [0.15, 0.2) is 0 Å². The second kappa shape index (κ2) is 8.01. The Kier molecular flexibility index (Phi) is 5.32. The van der Waals surface area contributed by atoms with Crippen molar-refractivity contribution in [1.29, 1.82) is 0 Å². The van der Waals surface area contributed by atoms with Crippen LogP contribution < -0.4 is 15.4 Å². The van der Waals surface area contributed by atoms with Crippen LogP contribution in [-0.4, -0.2) is 18.1 Å². The Labute approximate surface area is 155 Å². The molecule has 7 nitrogen and oxygen atoms in total. The number of urea groups is 1. The van der Waals surface area contributed by atoms with Gasteiger partial charge in [-0.25, -0.2) is 4.79 Å². The molecule has 0 saturated carbocycles. The molecule has 0 aliphatic rings. The van der Waals surface area contributed by atoms with Crippen LogP contribution >= 0.6 is 0 Å². The minimum atomic E-state index is -0.525. The van der Waals surface area contributed by atoms with E-state index in [9.17, 15) is 14.9 Å². The Morgan fingerprint density at radius 1 is 0.926 bits per heavy atom. The van der Waals surface area contributed by atoms with Crippen molar-refractivity contribution in [2.75, 3.05) is 17.7 Å². The summed E-state index contributed by atoms with van der Waals surface area (Å²) in [7, 11) is 1.38. The fraction of sp³-hybridized carbons (Fsp3) is 0.0500. The van der Waals surface area contributed by atoms with E-state index in [-0.39, 0.29) is 11.4 Å². The Morgan fingerprint density at radius 3 is 2.30 bits per heavy atom. The average molecular weight is 363 g/mol. The number of nitro benzene ring substituents is 1. The van der Waals surface area contributed by atoms with Crippen LogP contribution in [0.1, 0.15) is 0 Å². The summed E-state index contributed by atoms with van der Waals surface area (Å²) in [4.78, 5) is 22.8. The van der Waals surface area contributed by atoms with Gasteiger partial charge in [0.2, 0.25) is 0 Å². The van der Waals surface area contributed by atoms with E-state index in [0.29, 0.717) is 11.4 Å². The molecule has 0 aromatic heterocycles. The summed E-state index contributed by atoms with van der Waals surface area (Å²) in [6.07, 6.45) is 0. The minimum absolute atomic E-state index is 0.118. The molecular formula is C20H17N3O4. The Morgan fingerprint density at radius 2 is 1.59 bits per heavy atom. The van der Waals surface area contributed by atoms with E-state index in [1.54, 1.807) is 6.07 Å². The van der Waals surface area contributed by atoms with Gasteiger partial charge in [0.25, 0.3) is 5.69 Å². The summed E-state index contributed by atoms with van der Waals surface area (Å²) in [5, 5.41) is 16.3. The van der Waals surface area contributed by atoms with Crippen LogP contribution in [0.4, 0.5) is 21.9 Å². The van der Waals surface area contributed by atoms with Crippen molar-refractivity contribution in [3.8, 4) is 16.9 Å². The fourth-order valence-corrected chi connectivity index (χ4v) is 2.63. The Balaban J connectivity index is 1.81. The third kappa shape index (κ3) is 4.21. The minimum Gasteiger partial charge on any atom is -0.494 e. The van der Waals surface area contributed by atoms with Gasteiger partial charge in [0.1, 0.15) is 5.75 Å². The molecule has 2 N–H and O–H groups in total. The van der Waals surface area contributed by atoms with E-state index in [0.717, 1.165) is 11.1 Å². The third-order valence-corrected chi connectivity index (χ3v) is 3.90. The summed E-state index contributed by atoms with van der Waals surface area (Å²) in [5.41, 5.74) is 2.71. The summed E-state index contributed by atoms with van der Waals surface area (Å²) in [5.74, 6) is 0.204. The number of rotatable bonds is 5. The van der Waals surface area contributed by atoms with Crippen molar-refractivity contribution in [1.82, 2.24) is 0 Å². The highest BCUT2D eigenvalue weighted by molar-refractivity contribution is 6.03. The lowest BCUT2D eigenvalue weighted by atomic mass is 10.0. The number of carbonyl (C=O) groups excluding carboxylic acids is 1. The number of non-ortho nitro benzene ring substituents is 1. The SMILES string of the molecule is COc1cc([N+](=O)[O-])ccc1NC(=O)Nc1ccccc1-c1ccccc1. The zero-order chi connectivity index (χ0) is 19.2. The van der Waals surface area contributed by atoms with Crippen LogP contribution in [0.3, 0.4) is 0 Å². The van der Waals surface area contributed by atoms with Crippen LogP contribution in [0, 0.1) is 10.1 Å². The summed E-state index contributed by atoms with van der Waals surface area (Å²) in [6, 6.07) is 20.6. The van der Waals surface area contributed by atoms with Crippen molar-refractivity contribution in [2.24, 2.45) is 0 Å². The summed E-state index contributed by atoms with van der Waals surface area (Å²) < 4.78 is 5.13. The predicted molar refractivity (Wildman–Crippen MR) is 104 cm³/mol. The quantitative estimate of drug-likeness (QED) is 0.497. The molecule has 0 radical (unpaired) electrons. The summed E-state index contributed by atoms with van der Waals surface area (Å²) >= 11 is 0. The standard InChI is InChI=1S/C20H17N3O4/c1-27-19-13-15(23(25)26)11-12-18(19)22-20(24)21-17-10-6-5-9-16(17)14-7-3-2-4-8-14/h2-13H,1H3,(H2,21,22,24). The first-order chi connectivity index (χ1) is 13.1. The van der Waals surface area contributed by atoms with Crippen LogP contribution in [0.2, 0.25) is 0 Å². The number of hydrogen-bond donors (Lipinski definition) is 2. The van der Waals surface area contributed by atoms with Crippen LogP contribution in [0.15, 0.2) is 72.8 Å². The van der Waals surface area contributed by atoms with Crippen molar-refractivity contribution in [3.63, 3.8) is 0 Å². The number of nitro groups is 1. The average Bonchev–Trinajstić information content (AvgIpc) is 2.69. The molecule has 0 unspecified atom stereocenters. The van der Waals surface area contributed by atoms with Gasteiger partial charge in [-0.2, -0.15) is 0 Å². The molecule has 0 aliphatic carbocycles. The predicted octanol–water partition coefficient (Wildman–Crippen LogP) is 4.91. The molecule has 136 valence electrons. The van der Waals surface area contributed by atoms with E-state index in [1.165, 1.54) is 25.3 Å². The maximum atomic E-state index is 12.4. The molecule has 0 saturated heterocycles. The Hall–Kier alpha value is -3.87. The second-order valence-corrected chi connectivity index (χ2v) is 5.63. The smallest absolute Gasteiger partial charge is 0.323 e. The lowest BCUT2D eigenvalue weighted by Crippen LogP contribution is -2.20. The van der Waals surface area contributed by atoms with Gasteiger partial charge in [-0.05, 0) is 17.7 Å². The van der Waals surface area contributed by atoms with Crippen LogP contribution in [-0.2, 0) is 0 Å². The highest BCUT2D eigenvalue weighted by Gasteiger charge is 2.14. The van der Waals surface area contributed by atoms with Gasteiger partial charge in [0.05, 0.1) is 29.5 Å². The number of benzene rings is 3. The monoisotopic (exact) mass is 363 g/mol. The number of carbonyl (C=O) groups is 1. The largest absolute Gasteiger partial charge is 0.494 e. The zero-order valence-corrected chi connectivity index (χ0v) is 14.5. The van der Waals surface area contributed by atoms with Crippen molar-refractivity contribution < 1.29 is 14.5 Å². The van der Waals surface area contributed by atoms with E-state index >= 15 is 0 Å². The maximum absolute atomic E-state index is 12.4. The first-order valence-electron chi connectivity index (χ1n) is 8.13. The molecule has 2 amide bonds. The van der Waals surface area contributed by atoms with Crippen molar-refractivity contribution >= 4 is 23.1 Å². The molecular weight excluding hydrogens is 346 g/mol. The van der Waals surface area contributed by atoms with Gasteiger partial charge in [-0.1, -0.05) is 48.5 Å². The normalized spacial score (nSPS) is 10.1. The highest BCUT2D eigenvalue weighted by atomic mass is 16.6. The molecule has 7 heteroatoms. The lowest BCUT2D eigenvalue weighted by Gasteiger charge is -2.13. The molecule has 0 bridgehead atoms. The number of nitrogens with zero attached hydrogens (tertiary/aromatic N) is 1.